The number of likely N-dealkylation sites (tertiary alicyclic amines) is 1. The van der Waals surface area contributed by atoms with Gasteiger partial charge in [0.05, 0.1) is 40.8 Å². The predicted octanol–water partition coefficient (Wildman–Crippen LogP) is 4.02. The normalized spacial score (nSPS) is 20.6. The number of hydrogen-bond acceptors (Lipinski definition) is 5. The number of carbonyl (C=O) groups is 1. The number of benzene rings is 2. The van der Waals surface area contributed by atoms with E-state index in [9.17, 15) is 9.18 Å². The number of ether oxygens (including phenoxy) is 1. The quantitative estimate of drug-likeness (QED) is 0.488. The Bertz CT molecular complexity index is 1350. The summed E-state index contributed by atoms with van der Waals surface area (Å²) < 4.78 is 19.9. The van der Waals surface area contributed by atoms with Crippen molar-refractivity contribution in [3.63, 3.8) is 0 Å². The molecule has 10 heteroatoms. The van der Waals surface area contributed by atoms with Crippen molar-refractivity contribution >= 4 is 28.5 Å². The molecule has 33 heavy (non-hydrogen) atoms. The Labute approximate surface area is 194 Å². The van der Waals surface area contributed by atoms with E-state index in [1.165, 1.54) is 35.4 Å². The second kappa shape index (κ2) is 7.93. The van der Waals surface area contributed by atoms with Gasteiger partial charge in [-0.05, 0) is 49.7 Å². The summed E-state index contributed by atoms with van der Waals surface area (Å²) in [7, 11) is 1.61. The van der Waals surface area contributed by atoms with Crippen LogP contribution in [0.3, 0.4) is 0 Å². The van der Waals surface area contributed by atoms with Crippen molar-refractivity contribution < 1.29 is 13.9 Å². The average molecular weight is 469 g/mol. The molecule has 2 aromatic carbocycles. The number of aromatic nitrogens is 5. The number of methoxy groups -OCH3 is 1. The van der Waals surface area contributed by atoms with Gasteiger partial charge in [0.2, 0.25) is 0 Å². The van der Waals surface area contributed by atoms with E-state index in [-0.39, 0.29) is 17.6 Å². The lowest BCUT2D eigenvalue weighted by Crippen LogP contribution is -2.44. The van der Waals surface area contributed by atoms with Crippen LogP contribution in [0.4, 0.5) is 4.39 Å². The van der Waals surface area contributed by atoms with Crippen molar-refractivity contribution in [2.24, 2.45) is 0 Å². The number of amides is 1. The van der Waals surface area contributed by atoms with Gasteiger partial charge in [-0.15, -0.1) is 0 Å². The summed E-state index contributed by atoms with van der Waals surface area (Å²) in [6.45, 7) is 4.16. The molecular formula is C23H22ClFN6O2. The Kier molecular flexibility index (Phi) is 5.18. The number of aromatic amines is 1. The van der Waals surface area contributed by atoms with Gasteiger partial charge in [0.25, 0.3) is 5.91 Å². The minimum atomic E-state index is -0.823. The van der Waals surface area contributed by atoms with Crippen LogP contribution in [-0.4, -0.2) is 55.5 Å². The van der Waals surface area contributed by atoms with Crippen molar-refractivity contribution in [3.05, 3.63) is 70.5 Å². The number of aryl methyl sites for hydroxylation is 1. The van der Waals surface area contributed by atoms with Crippen LogP contribution in [0.5, 0.6) is 0 Å². The molecule has 1 fully saturated rings. The van der Waals surface area contributed by atoms with E-state index in [0.29, 0.717) is 29.5 Å². The molecule has 1 N–H and O–H groups in total. The number of nitrogens with zero attached hydrogens (tertiary/aromatic N) is 5. The van der Waals surface area contributed by atoms with Crippen LogP contribution in [-0.2, 0) is 10.3 Å². The van der Waals surface area contributed by atoms with Crippen LogP contribution in [0, 0.1) is 12.7 Å². The molecule has 0 bridgehead atoms. The van der Waals surface area contributed by atoms with Gasteiger partial charge in [-0.1, -0.05) is 11.6 Å². The minimum absolute atomic E-state index is 0.157. The zero-order chi connectivity index (χ0) is 23.3. The lowest BCUT2D eigenvalue weighted by atomic mass is 9.96. The predicted molar refractivity (Wildman–Crippen MR) is 121 cm³/mol. The van der Waals surface area contributed by atoms with Crippen molar-refractivity contribution in [1.29, 1.82) is 0 Å². The van der Waals surface area contributed by atoms with Crippen molar-refractivity contribution in [2.75, 3.05) is 13.7 Å². The van der Waals surface area contributed by atoms with Crippen molar-refractivity contribution in [2.45, 2.75) is 31.9 Å². The lowest BCUT2D eigenvalue weighted by molar-refractivity contribution is 0.0589. The van der Waals surface area contributed by atoms with Gasteiger partial charge in [0.1, 0.15) is 17.2 Å². The maximum Gasteiger partial charge on any atom is 0.257 e. The van der Waals surface area contributed by atoms with Gasteiger partial charge in [-0.25, -0.2) is 9.37 Å². The van der Waals surface area contributed by atoms with Crippen molar-refractivity contribution in [1.82, 2.24) is 29.9 Å². The molecule has 1 saturated heterocycles. The third-order valence-corrected chi connectivity index (χ3v) is 6.77. The van der Waals surface area contributed by atoms with Crippen molar-refractivity contribution in [3.8, 4) is 5.69 Å². The summed E-state index contributed by atoms with van der Waals surface area (Å²) in [6, 6.07) is 7.67. The van der Waals surface area contributed by atoms with Crippen LogP contribution in [0.15, 0.2) is 42.7 Å². The second-order valence-electron chi connectivity index (χ2n) is 8.39. The minimum Gasteiger partial charge on any atom is -0.380 e. The molecule has 0 radical (unpaired) electrons. The average Bonchev–Trinajstić information content (AvgIpc) is 3.55. The van der Waals surface area contributed by atoms with Gasteiger partial charge in [0.15, 0.2) is 0 Å². The molecule has 1 amide bonds. The van der Waals surface area contributed by atoms with Gasteiger partial charge >= 0.3 is 0 Å². The number of fused-ring (bicyclic) bond motifs is 1. The molecule has 4 aromatic rings. The summed E-state index contributed by atoms with van der Waals surface area (Å²) in [6.07, 6.45) is 3.31. The topological polar surface area (TPSA) is 88.9 Å². The van der Waals surface area contributed by atoms with E-state index < -0.39 is 11.4 Å². The maximum atomic E-state index is 14.2. The van der Waals surface area contributed by atoms with Gasteiger partial charge in [0, 0.05) is 25.1 Å². The number of hydrogen-bond donors (Lipinski definition) is 1. The Morgan fingerprint density at radius 1 is 1.27 bits per heavy atom. The molecule has 1 aliphatic heterocycles. The van der Waals surface area contributed by atoms with Crippen LogP contribution >= 0.6 is 11.6 Å². The summed E-state index contributed by atoms with van der Waals surface area (Å²) in [4.78, 5) is 25.0. The van der Waals surface area contributed by atoms with E-state index in [1.807, 2.05) is 26.0 Å². The lowest BCUT2D eigenvalue weighted by Gasteiger charge is -2.33. The molecule has 0 aliphatic carbocycles. The Morgan fingerprint density at radius 3 is 2.76 bits per heavy atom. The third-order valence-electron chi connectivity index (χ3n) is 6.36. The van der Waals surface area contributed by atoms with E-state index in [1.54, 1.807) is 12.0 Å². The standard InChI is InChI=1S/C23H22ClFN6O2/c1-13-17(24)5-6-18-20(13)29-22(28-18)23(2)11-15(33-3)12-30(23)21(32)16-10-14(25)4-7-19(16)31-26-8-9-27-31/h4-10,15H,11-12H2,1-3H3,(H,28,29)/t15-,23?/m1/s1. The zero-order valence-corrected chi connectivity index (χ0v) is 19.1. The molecule has 2 aromatic heterocycles. The Balaban J connectivity index is 1.62. The number of imidazole rings is 1. The first-order chi connectivity index (χ1) is 15.8. The highest BCUT2D eigenvalue weighted by molar-refractivity contribution is 6.32. The maximum absolute atomic E-state index is 14.2. The molecular weight excluding hydrogens is 447 g/mol. The fourth-order valence-electron chi connectivity index (χ4n) is 4.49. The molecule has 0 spiro atoms. The van der Waals surface area contributed by atoms with Crippen LogP contribution in [0.2, 0.25) is 5.02 Å². The Hall–Kier alpha value is -3.30. The highest BCUT2D eigenvalue weighted by atomic mass is 35.5. The Morgan fingerprint density at radius 2 is 2.03 bits per heavy atom. The highest BCUT2D eigenvalue weighted by Crippen LogP contribution is 2.41. The molecule has 170 valence electrons. The van der Waals surface area contributed by atoms with Gasteiger partial charge in [-0.2, -0.15) is 15.0 Å². The fraction of sp³-hybridized carbons (Fsp3) is 0.304. The van der Waals surface area contributed by atoms with Crippen LogP contribution in [0.25, 0.3) is 16.7 Å². The van der Waals surface area contributed by atoms with Crippen LogP contribution < -0.4 is 0 Å². The summed E-state index contributed by atoms with van der Waals surface area (Å²) >= 11 is 6.29. The number of rotatable bonds is 4. The van der Waals surface area contributed by atoms with E-state index in [2.05, 4.69) is 15.2 Å². The molecule has 2 atom stereocenters. The van der Waals surface area contributed by atoms with E-state index >= 15 is 0 Å². The monoisotopic (exact) mass is 468 g/mol. The number of halogens is 2. The largest absolute Gasteiger partial charge is 0.380 e. The molecule has 5 rings (SSSR count). The third kappa shape index (κ3) is 3.48. The molecule has 1 aliphatic rings. The fourth-order valence-corrected chi connectivity index (χ4v) is 4.65. The number of nitrogens with one attached hydrogen (secondary N) is 1. The highest BCUT2D eigenvalue weighted by Gasteiger charge is 2.48. The smallest absolute Gasteiger partial charge is 0.257 e. The summed E-state index contributed by atoms with van der Waals surface area (Å²) in [5, 5.41) is 8.85. The first kappa shape index (κ1) is 21.5. The van der Waals surface area contributed by atoms with Crippen LogP contribution in [0.1, 0.15) is 35.1 Å². The first-order valence-electron chi connectivity index (χ1n) is 10.5. The van der Waals surface area contributed by atoms with E-state index in [4.69, 9.17) is 21.3 Å². The van der Waals surface area contributed by atoms with Gasteiger partial charge in [-0.3, -0.25) is 4.79 Å². The van der Waals surface area contributed by atoms with Gasteiger partial charge < -0.3 is 14.6 Å². The summed E-state index contributed by atoms with van der Waals surface area (Å²) in [5.74, 6) is -0.266. The summed E-state index contributed by atoms with van der Waals surface area (Å²) in [5.41, 5.74) is 2.16. The first-order valence-corrected chi connectivity index (χ1v) is 10.9. The molecule has 8 nitrogen and oxygen atoms in total. The van der Waals surface area contributed by atoms with E-state index in [0.717, 1.165) is 16.6 Å². The molecule has 0 saturated carbocycles. The number of carbonyl (C=O) groups excluding carboxylic acids is 1. The zero-order valence-electron chi connectivity index (χ0n) is 18.3. The SMILES string of the molecule is CO[C@H]1CN(C(=O)c2cc(F)ccc2-n2nccn2)C(C)(c2nc3c(C)c(Cl)ccc3[nH]2)C1. The number of H-pyrrole nitrogens is 1. The molecule has 1 unspecified atom stereocenters. The molecule has 3 heterocycles. The second-order valence-corrected chi connectivity index (χ2v) is 8.79.